The molecule has 0 aliphatic rings. The van der Waals surface area contributed by atoms with E-state index in [0.29, 0.717) is 0 Å². The number of pyridine rings is 1. The summed E-state index contributed by atoms with van der Waals surface area (Å²) in [4.78, 5) is 35.2. The van der Waals surface area contributed by atoms with Crippen molar-refractivity contribution in [2.75, 3.05) is 0 Å². The van der Waals surface area contributed by atoms with E-state index in [9.17, 15) is 14.4 Å². The van der Waals surface area contributed by atoms with Crippen LogP contribution in [-0.2, 0) is 0 Å². The maximum Gasteiger partial charge on any atom is 0.355 e. The first-order valence-corrected chi connectivity index (χ1v) is 3.64. The van der Waals surface area contributed by atoms with E-state index in [1.807, 2.05) is 0 Å². The smallest absolute Gasteiger partial charge is 0.355 e. The molecular weight excluding hydrogens is 245 g/mol. The number of aromatic carboxylic acids is 3. The third-order valence-corrected chi connectivity index (χ3v) is 1.60. The summed E-state index contributed by atoms with van der Waals surface area (Å²) >= 11 is 0. The number of aromatic nitrogens is 1. The van der Waals surface area contributed by atoms with Crippen molar-refractivity contribution < 1.29 is 29.7 Å². The van der Waals surface area contributed by atoms with Crippen molar-refractivity contribution in [1.82, 2.24) is 4.98 Å². The number of carbonyl (C=O) groups is 3. The molecule has 7 nitrogen and oxygen atoms in total. The Morgan fingerprint density at radius 2 is 1.56 bits per heavy atom. The summed E-state index contributed by atoms with van der Waals surface area (Å²) in [5.41, 5.74) is -2.21. The van der Waals surface area contributed by atoms with Gasteiger partial charge in [0.2, 0.25) is 0 Å². The van der Waals surface area contributed by atoms with Crippen molar-refractivity contribution in [1.29, 1.82) is 0 Å². The molecule has 3 N–H and O–H groups in total. The molecule has 0 bridgehead atoms. The summed E-state index contributed by atoms with van der Waals surface area (Å²) in [6, 6.07) is 0.929. The van der Waals surface area contributed by atoms with Crippen LogP contribution in [0.25, 0.3) is 0 Å². The second-order valence-corrected chi connectivity index (χ2v) is 2.50. The van der Waals surface area contributed by atoms with Crippen LogP contribution < -0.4 is 0 Å². The van der Waals surface area contributed by atoms with Gasteiger partial charge in [-0.3, -0.25) is 0 Å². The van der Waals surface area contributed by atoms with Crippen LogP contribution >= 0.6 is 0 Å². The summed E-state index contributed by atoms with van der Waals surface area (Å²) in [7, 11) is 0. The average Bonchev–Trinajstić information content (AvgIpc) is 2.16. The first-order chi connectivity index (χ1) is 6.95. The van der Waals surface area contributed by atoms with Crippen LogP contribution in [0.3, 0.4) is 0 Å². The van der Waals surface area contributed by atoms with Gasteiger partial charge in [-0.25, -0.2) is 19.4 Å². The molecule has 0 aromatic carbocycles. The Bertz CT molecular complexity index is 426. The number of hydrogen-bond acceptors (Lipinski definition) is 4. The molecule has 0 spiro atoms. The molecule has 0 unspecified atom stereocenters. The van der Waals surface area contributed by atoms with Crippen LogP contribution in [0, 0.1) is 0 Å². The van der Waals surface area contributed by atoms with Crippen molar-refractivity contribution in [3.8, 4) is 0 Å². The van der Waals surface area contributed by atoms with Crippen molar-refractivity contribution in [3.63, 3.8) is 0 Å². The second-order valence-electron chi connectivity index (χ2n) is 2.50. The zero-order valence-corrected chi connectivity index (χ0v) is 11.3. The Hall–Kier alpha value is -0.804. The van der Waals surface area contributed by atoms with Crippen LogP contribution in [0.2, 0.25) is 0 Å². The molecule has 8 heteroatoms. The number of carboxylic acids is 3. The fraction of sp³-hybridized carbons (Fsp3) is 0. The van der Waals surface area contributed by atoms with E-state index in [1.165, 1.54) is 0 Å². The molecule has 1 aromatic heterocycles. The first kappa shape index (κ1) is 15.2. The molecule has 0 aliphatic carbocycles. The monoisotopic (exact) mass is 250 g/mol. The van der Waals surface area contributed by atoms with E-state index >= 15 is 0 Å². The Labute approximate surface area is 132 Å². The van der Waals surface area contributed by atoms with Crippen molar-refractivity contribution in [3.05, 3.63) is 29.1 Å². The van der Waals surface area contributed by atoms with Crippen molar-refractivity contribution >= 4 is 69.3 Å². The quantitative estimate of drug-likeness (QED) is 0.634. The standard InChI is InChI=1S/C8H5NO6.K/c10-6(11)3-1-2-9-5(8(14)15)4(3)7(12)13;/h1-2H,(H,10,11)(H,12,13)(H,14,15);. The van der Waals surface area contributed by atoms with Gasteiger partial charge in [0, 0.05) is 57.6 Å². The van der Waals surface area contributed by atoms with Crippen LogP contribution in [0.5, 0.6) is 0 Å². The Balaban J connectivity index is 0.00000225. The summed E-state index contributed by atoms with van der Waals surface area (Å²) < 4.78 is 0. The molecule has 0 fully saturated rings. The van der Waals surface area contributed by atoms with E-state index in [0.717, 1.165) is 12.3 Å². The second kappa shape index (κ2) is 6.06. The van der Waals surface area contributed by atoms with Gasteiger partial charge in [0.15, 0.2) is 5.69 Å². The minimum absolute atomic E-state index is 0. The summed E-state index contributed by atoms with van der Waals surface area (Å²) in [5, 5.41) is 25.9. The number of carboxylic acid groups (broad SMARTS) is 3. The van der Waals surface area contributed by atoms with Gasteiger partial charge in [-0.15, -0.1) is 0 Å². The molecule has 0 saturated carbocycles. The third kappa shape index (κ3) is 3.09. The normalized spacial score (nSPS) is 9.00. The van der Waals surface area contributed by atoms with Gasteiger partial charge >= 0.3 is 17.9 Å². The Morgan fingerprint density at radius 3 is 1.94 bits per heavy atom. The van der Waals surface area contributed by atoms with E-state index in [4.69, 9.17) is 15.3 Å². The molecule has 1 radical (unpaired) electrons. The van der Waals surface area contributed by atoms with Gasteiger partial charge in [-0.05, 0) is 6.07 Å². The van der Waals surface area contributed by atoms with Gasteiger partial charge in [0.25, 0.3) is 0 Å². The zero-order valence-electron chi connectivity index (χ0n) is 8.17. The maximum atomic E-state index is 10.7. The van der Waals surface area contributed by atoms with Crippen LogP contribution in [0.1, 0.15) is 31.2 Å². The minimum Gasteiger partial charge on any atom is -0.478 e. The molecule has 1 rings (SSSR count). The van der Waals surface area contributed by atoms with E-state index < -0.39 is 34.7 Å². The minimum atomic E-state index is -1.64. The number of hydrogen-bond donors (Lipinski definition) is 3. The Kier molecular flexibility index (Phi) is 5.76. The van der Waals surface area contributed by atoms with E-state index in [1.54, 1.807) is 0 Å². The largest absolute Gasteiger partial charge is 0.478 e. The molecule has 16 heavy (non-hydrogen) atoms. The molecule has 79 valence electrons. The first-order valence-electron chi connectivity index (χ1n) is 3.64. The predicted molar refractivity (Wildman–Crippen MR) is 50.9 cm³/mol. The Morgan fingerprint density at radius 1 is 1.00 bits per heavy atom. The number of nitrogens with zero attached hydrogens (tertiary/aromatic N) is 1. The summed E-state index contributed by atoms with van der Waals surface area (Å²) in [6.07, 6.45) is 0.930. The summed E-state index contributed by atoms with van der Waals surface area (Å²) in [6.45, 7) is 0. The molecule has 0 amide bonds. The van der Waals surface area contributed by atoms with E-state index in [2.05, 4.69) is 4.98 Å². The average molecular weight is 250 g/mol. The number of rotatable bonds is 3. The van der Waals surface area contributed by atoms with Crippen molar-refractivity contribution in [2.45, 2.75) is 0 Å². The maximum absolute atomic E-state index is 10.7. The molecule has 0 saturated heterocycles. The van der Waals surface area contributed by atoms with Crippen molar-refractivity contribution in [2.24, 2.45) is 0 Å². The van der Waals surface area contributed by atoms with Crippen LogP contribution in [-0.4, -0.2) is 89.6 Å². The van der Waals surface area contributed by atoms with Gasteiger partial charge < -0.3 is 15.3 Å². The molecular formula is C8H5KNO6. The summed E-state index contributed by atoms with van der Waals surface area (Å²) in [5.74, 6) is -4.74. The van der Waals surface area contributed by atoms with Gasteiger partial charge in [-0.2, -0.15) is 0 Å². The predicted octanol–water partition coefficient (Wildman–Crippen LogP) is -0.205. The fourth-order valence-corrected chi connectivity index (χ4v) is 1.02. The third-order valence-electron chi connectivity index (χ3n) is 1.60. The van der Waals surface area contributed by atoms with Gasteiger partial charge in [0.1, 0.15) is 5.56 Å². The van der Waals surface area contributed by atoms with Gasteiger partial charge in [-0.1, -0.05) is 0 Å². The molecule has 1 heterocycles. The van der Waals surface area contributed by atoms with Crippen LogP contribution in [0.15, 0.2) is 12.3 Å². The molecule has 0 aliphatic heterocycles. The SMILES string of the molecule is O=C(O)c1ccnc(C(=O)O)c1C(=O)O.[K]. The zero-order chi connectivity index (χ0) is 11.6. The van der Waals surface area contributed by atoms with E-state index in [-0.39, 0.29) is 51.4 Å². The van der Waals surface area contributed by atoms with Gasteiger partial charge in [0.05, 0.1) is 5.56 Å². The van der Waals surface area contributed by atoms with Crippen LogP contribution in [0.4, 0.5) is 0 Å². The molecule has 0 atom stereocenters. The fourth-order valence-electron chi connectivity index (χ4n) is 1.02. The molecule has 1 aromatic rings. The topological polar surface area (TPSA) is 125 Å².